The van der Waals surface area contributed by atoms with E-state index in [9.17, 15) is 4.79 Å². The molecule has 0 saturated heterocycles. The number of nitrogens with zero attached hydrogens (tertiary/aromatic N) is 1. The van der Waals surface area contributed by atoms with Gasteiger partial charge in [0.2, 0.25) is 0 Å². The van der Waals surface area contributed by atoms with E-state index in [1.165, 1.54) is 6.42 Å². The van der Waals surface area contributed by atoms with Gasteiger partial charge in [0.05, 0.1) is 13.7 Å². The number of nitrogens with one attached hydrogen (secondary N) is 2. The number of hydrogen-bond acceptors (Lipinski definition) is 4. The summed E-state index contributed by atoms with van der Waals surface area (Å²) < 4.78 is 5.17. The summed E-state index contributed by atoms with van der Waals surface area (Å²) in [5.74, 6) is 2.31. The maximum atomic E-state index is 12.1. The van der Waals surface area contributed by atoms with Gasteiger partial charge in [0.1, 0.15) is 5.75 Å². The third-order valence-corrected chi connectivity index (χ3v) is 4.61. The van der Waals surface area contributed by atoms with Gasteiger partial charge in [0, 0.05) is 23.4 Å². The molecule has 1 aromatic carbocycles. The van der Waals surface area contributed by atoms with E-state index in [1.807, 2.05) is 24.3 Å². The number of rotatable bonds is 6. The van der Waals surface area contributed by atoms with Crippen LogP contribution in [0.15, 0.2) is 29.4 Å². The summed E-state index contributed by atoms with van der Waals surface area (Å²) in [4.78, 5) is 12.1. The number of amides is 1. The Kier molecular flexibility index (Phi) is 6.64. The van der Waals surface area contributed by atoms with Crippen LogP contribution in [0.2, 0.25) is 0 Å². The SMILES string of the molecule is COc1cccc(NCC(=O)N/N=C2/C[C@@H](C)CC[C@@H]2C(C)C)c1. The molecular formula is C19H29N3O2. The molecule has 2 atom stereocenters. The van der Waals surface area contributed by atoms with Gasteiger partial charge < -0.3 is 10.1 Å². The fourth-order valence-corrected chi connectivity index (χ4v) is 3.18. The third kappa shape index (κ3) is 5.25. The molecule has 0 heterocycles. The topological polar surface area (TPSA) is 62.7 Å². The minimum Gasteiger partial charge on any atom is -0.497 e. The summed E-state index contributed by atoms with van der Waals surface area (Å²) in [6.07, 6.45) is 3.38. The number of methoxy groups -OCH3 is 1. The number of hydrogen-bond donors (Lipinski definition) is 2. The highest BCUT2D eigenvalue weighted by atomic mass is 16.5. The zero-order valence-electron chi connectivity index (χ0n) is 15.1. The van der Waals surface area contributed by atoms with E-state index in [4.69, 9.17) is 4.74 Å². The van der Waals surface area contributed by atoms with Crippen LogP contribution >= 0.6 is 0 Å². The summed E-state index contributed by atoms with van der Waals surface area (Å²) >= 11 is 0. The molecule has 1 aliphatic carbocycles. The third-order valence-electron chi connectivity index (χ3n) is 4.61. The maximum absolute atomic E-state index is 12.1. The monoisotopic (exact) mass is 331 g/mol. The standard InChI is InChI=1S/C19H29N3O2/c1-13(2)17-9-8-14(3)10-18(17)21-22-19(23)12-20-15-6-5-7-16(11-15)24-4/h5-7,11,13-14,17,20H,8-10,12H2,1-4H3,(H,22,23)/b21-18-/t14-,17+/m0/s1. The molecule has 1 aromatic rings. The highest BCUT2D eigenvalue weighted by molar-refractivity contribution is 5.89. The predicted octanol–water partition coefficient (Wildman–Crippen LogP) is 3.67. The van der Waals surface area contributed by atoms with Crippen molar-refractivity contribution in [1.29, 1.82) is 0 Å². The number of carbonyl (C=O) groups is 1. The van der Waals surface area contributed by atoms with E-state index < -0.39 is 0 Å². The quantitative estimate of drug-likeness (QED) is 0.782. The average Bonchev–Trinajstić information content (AvgIpc) is 2.58. The van der Waals surface area contributed by atoms with Gasteiger partial charge in [-0.3, -0.25) is 4.79 Å². The predicted molar refractivity (Wildman–Crippen MR) is 98.4 cm³/mol. The van der Waals surface area contributed by atoms with Crippen molar-refractivity contribution >= 4 is 17.3 Å². The summed E-state index contributed by atoms with van der Waals surface area (Å²) in [6.45, 7) is 6.88. The molecule has 0 spiro atoms. The number of benzene rings is 1. The number of hydrazone groups is 1. The lowest BCUT2D eigenvalue weighted by Gasteiger charge is -2.30. The van der Waals surface area contributed by atoms with Crippen LogP contribution in [-0.2, 0) is 4.79 Å². The van der Waals surface area contributed by atoms with Gasteiger partial charge in [-0.2, -0.15) is 5.10 Å². The van der Waals surface area contributed by atoms with Crippen LogP contribution in [0.1, 0.15) is 40.0 Å². The Hall–Kier alpha value is -2.04. The van der Waals surface area contributed by atoms with Gasteiger partial charge in [0.15, 0.2) is 0 Å². The Morgan fingerprint density at radius 1 is 1.38 bits per heavy atom. The van der Waals surface area contributed by atoms with Crippen molar-refractivity contribution in [3.63, 3.8) is 0 Å². The van der Waals surface area contributed by atoms with Crippen LogP contribution in [0.4, 0.5) is 5.69 Å². The molecule has 0 radical (unpaired) electrons. The van der Waals surface area contributed by atoms with Crippen LogP contribution < -0.4 is 15.5 Å². The Morgan fingerprint density at radius 3 is 2.88 bits per heavy atom. The van der Waals surface area contributed by atoms with E-state index in [0.717, 1.165) is 30.0 Å². The minimum absolute atomic E-state index is 0.133. The lowest BCUT2D eigenvalue weighted by molar-refractivity contribution is -0.119. The second-order valence-electron chi connectivity index (χ2n) is 6.96. The number of carbonyl (C=O) groups excluding carboxylic acids is 1. The molecule has 2 rings (SSSR count). The number of anilines is 1. The molecule has 1 saturated carbocycles. The van der Waals surface area contributed by atoms with Crippen molar-refractivity contribution in [2.75, 3.05) is 19.0 Å². The minimum atomic E-state index is -0.133. The van der Waals surface area contributed by atoms with Gasteiger partial charge in [-0.1, -0.05) is 26.8 Å². The molecule has 0 aromatic heterocycles. The van der Waals surface area contributed by atoms with Crippen molar-refractivity contribution < 1.29 is 9.53 Å². The Bertz CT molecular complexity index is 584. The first-order chi connectivity index (χ1) is 11.5. The molecule has 0 bridgehead atoms. The summed E-state index contributed by atoms with van der Waals surface area (Å²) in [5.41, 5.74) is 4.70. The first kappa shape index (κ1) is 18.3. The second kappa shape index (κ2) is 8.71. The smallest absolute Gasteiger partial charge is 0.259 e. The molecule has 0 unspecified atom stereocenters. The summed E-state index contributed by atoms with van der Waals surface area (Å²) in [6, 6.07) is 7.51. The summed E-state index contributed by atoms with van der Waals surface area (Å²) in [7, 11) is 1.62. The molecule has 1 amide bonds. The van der Waals surface area contributed by atoms with E-state index in [-0.39, 0.29) is 12.5 Å². The highest BCUT2D eigenvalue weighted by Gasteiger charge is 2.27. The molecule has 5 nitrogen and oxygen atoms in total. The first-order valence-electron chi connectivity index (χ1n) is 8.72. The largest absolute Gasteiger partial charge is 0.497 e. The molecule has 0 aliphatic heterocycles. The van der Waals surface area contributed by atoms with E-state index in [0.29, 0.717) is 17.8 Å². The van der Waals surface area contributed by atoms with Crippen molar-refractivity contribution in [3.8, 4) is 5.75 Å². The maximum Gasteiger partial charge on any atom is 0.259 e. The zero-order valence-corrected chi connectivity index (χ0v) is 15.1. The first-order valence-corrected chi connectivity index (χ1v) is 8.72. The number of ether oxygens (including phenoxy) is 1. The van der Waals surface area contributed by atoms with E-state index in [2.05, 4.69) is 36.6 Å². The Balaban J connectivity index is 1.88. The Labute approximate surface area is 144 Å². The van der Waals surface area contributed by atoms with Crippen LogP contribution in [-0.4, -0.2) is 25.3 Å². The lowest BCUT2D eigenvalue weighted by Crippen LogP contribution is -2.32. The van der Waals surface area contributed by atoms with Gasteiger partial charge in [0.25, 0.3) is 5.91 Å². The van der Waals surface area contributed by atoms with E-state index >= 15 is 0 Å². The fraction of sp³-hybridized carbons (Fsp3) is 0.579. The molecule has 1 aliphatic rings. The van der Waals surface area contributed by atoms with Crippen LogP contribution in [0.5, 0.6) is 5.75 Å². The van der Waals surface area contributed by atoms with Gasteiger partial charge in [-0.15, -0.1) is 0 Å². The van der Waals surface area contributed by atoms with E-state index in [1.54, 1.807) is 7.11 Å². The van der Waals surface area contributed by atoms with Gasteiger partial charge >= 0.3 is 0 Å². The van der Waals surface area contributed by atoms with Gasteiger partial charge in [-0.25, -0.2) is 5.43 Å². The molecule has 5 heteroatoms. The molecule has 24 heavy (non-hydrogen) atoms. The molecule has 2 N–H and O–H groups in total. The zero-order chi connectivity index (χ0) is 17.5. The van der Waals surface area contributed by atoms with Crippen molar-refractivity contribution in [3.05, 3.63) is 24.3 Å². The van der Waals surface area contributed by atoms with Crippen LogP contribution in [0.3, 0.4) is 0 Å². The Morgan fingerprint density at radius 2 is 2.17 bits per heavy atom. The normalized spacial score (nSPS) is 22.5. The molecular weight excluding hydrogens is 302 g/mol. The van der Waals surface area contributed by atoms with Crippen LogP contribution in [0.25, 0.3) is 0 Å². The highest BCUT2D eigenvalue weighted by Crippen LogP contribution is 2.31. The molecule has 132 valence electrons. The van der Waals surface area contributed by atoms with Crippen molar-refractivity contribution in [2.45, 2.75) is 40.0 Å². The fourth-order valence-electron chi connectivity index (χ4n) is 3.18. The van der Waals surface area contributed by atoms with Crippen molar-refractivity contribution in [2.24, 2.45) is 22.9 Å². The molecule has 1 fully saturated rings. The second-order valence-corrected chi connectivity index (χ2v) is 6.96. The summed E-state index contributed by atoms with van der Waals surface area (Å²) in [5, 5.41) is 7.52. The van der Waals surface area contributed by atoms with Crippen molar-refractivity contribution in [1.82, 2.24) is 5.43 Å². The lowest BCUT2D eigenvalue weighted by atomic mass is 9.76. The average molecular weight is 331 g/mol. The van der Waals surface area contributed by atoms with Crippen LogP contribution in [0, 0.1) is 17.8 Å². The van der Waals surface area contributed by atoms with Gasteiger partial charge in [-0.05, 0) is 43.2 Å².